The van der Waals surface area contributed by atoms with E-state index in [1.165, 1.54) is 0 Å². The summed E-state index contributed by atoms with van der Waals surface area (Å²) in [4.78, 5) is 16.9. The number of amides is 1. The van der Waals surface area contributed by atoms with E-state index in [2.05, 4.69) is 26.2 Å². The number of halogens is 1. The van der Waals surface area contributed by atoms with Crippen LogP contribution < -0.4 is 10.1 Å². The van der Waals surface area contributed by atoms with Crippen LogP contribution in [0.25, 0.3) is 5.69 Å². The first-order valence-corrected chi connectivity index (χ1v) is 8.72. The SMILES string of the molecule is COc1ccccc1C1CC(=O)Nc2c1ncn2-c1ccc(Br)cc1. The molecule has 6 heteroatoms. The molecule has 0 bridgehead atoms. The third-order valence-electron chi connectivity index (χ3n) is 4.39. The van der Waals surface area contributed by atoms with Gasteiger partial charge in [0.15, 0.2) is 0 Å². The van der Waals surface area contributed by atoms with E-state index in [4.69, 9.17) is 4.74 Å². The second-order valence-electron chi connectivity index (χ2n) is 5.87. The van der Waals surface area contributed by atoms with Crippen molar-refractivity contribution in [3.05, 3.63) is 70.6 Å². The van der Waals surface area contributed by atoms with E-state index in [0.717, 1.165) is 33.0 Å². The number of hydrogen-bond donors (Lipinski definition) is 1. The van der Waals surface area contributed by atoms with Gasteiger partial charge in [-0.25, -0.2) is 4.98 Å². The largest absolute Gasteiger partial charge is 0.496 e. The Hall–Kier alpha value is -2.60. The molecule has 3 aromatic rings. The minimum atomic E-state index is -0.128. The van der Waals surface area contributed by atoms with Crippen molar-refractivity contribution in [2.45, 2.75) is 12.3 Å². The van der Waals surface area contributed by atoms with Crippen molar-refractivity contribution in [1.29, 1.82) is 0 Å². The maximum absolute atomic E-state index is 12.3. The highest BCUT2D eigenvalue weighted by atomic mass is 79.9. The van der Waals surface area contributed by atoms with Gasteiger partial charge in [0.05, 0.1) is 12.8 Å². The molecule has 0 fully saturated rings. The molecule has 2 aromatic carbocycles. The van der Waals surface area contributed by atoms with E-state index < -0.39 is 0 Å². The van der Waals surface area contributed by atoms with Crippen molar-refractivity contribution < 1.29 is 9.53 Å². The third-order valence-corrected chi connectivity index (χ3v) is 4.92. The first-order chi connectivity index (χ1) is 12.2. The van der Waals surface area contributed by atoms with Gasteiger partial charge < -0.3 is 10.1 Å². The Kier molecular flexibility index (Phi) is 4.05. The van der Waals surface area contributed by atoms with Gasteiger partial charge in [-0.2, -0.15) is 0 Å². The lowest BCUT2D eigenvalue weighted by Crippen LogP contribution is -2.25. The predicted octanol–water partition coefficient (Wildman–Crippen LogP) is 4.12. The zero-order chi connectivity index (χ0) is 17.4. The average molecular weight is 398 g/mol. The monoisotopic (exact) mass is 397 g/mol. The Bertz CT molecular complexity index is 934. The molecule has 0 spiro atoms. The van der Waals surface area contributed by atoms with Crippen LogP contribution >= 0.6 is 15.9 Å². The van der Waals surface area contributed by atoms with E-state index >= 15 is 0 Å². The van der Waals surface area contributed by atoms with Gasteiger partial charge in [0, 0.05) is 28.1 Å². The molecule has 1 unspecified atom stereocenters. The van der Waals surface area contributed by atoms with E-state index in [1.54, 1.807) is 13.4 Å². The number of fused-ring (bicyclic) bond motifs is 1. The number of para-hydroxylation sites is 1. The van der Waals surface area contributed by atoms with Crippen LogP contribution in [0.5, 0.6) is 5.75 Å². The molecule has 0 aliphatic carbocycles. The number of imidazole rings is 1. The molecule has 1 N–H and O–H groups in total. The maximum atomic E-state index is 12.3. The summed E-state index contributed by atoms with van der Waals surface area (Å²) in [6, 6.07) is 15.7. The zero-order valence-electron chi connectivity index (χ0n) is 13.6. The fourth-order valence-corrected chi connectivity index (χ4v) is 3.48. The van der Waals surface area contributed by atoms with E-state index in [0.29, 0.717) is 6.42 Å². The van der Waals surface area contributed by atoms with Crippen molar-refractivity contribution >= 4 is 27.7 Å². The lowest BCUT2D eigenvalue weighted by atomic mass is 9.89. The van der Waals surface area contributed by atoms with Crippen LogP contribution in [-0.2, 0) is 4.79 Å². The van der Waals surface area contributed by atoms with Crippen LogP contribution in [0.15, 0.2) is 59.3 Å². The van der Waals surface area contributed by atoms with Crippen molar-refractivity contribution in [2.24, 2.45) is 0 Å². The van der Waals surface area contributed by atoms with Crippen molar-refractivity contribution in [3.8, 4) is 11.4 Å². The Morgan fingerprint density at radius 3 is 2.72 bits per heavy atom. The highest BCUT2D eigenvalue weighted by Gasteiger charge is 2.32. The van der Waals surface area contributed by atoms with Gasteiger partial charge in [-0.15, -0.1) is 0 Å². The normalized spacial score (nSPS) is 16.2. The van der Waals surface area contributed by atoms with E-state index in [9.17, 15) is 4.79 Å². The average Bonchev–Trinajstić information content (AvgIpc) is 3.05. The second-order valence-corrected chi connectivity index (χ2v) is 6.79. The van der Waals surface area contributed by atoms with Crippen molar-refractivity contribution in [3.63, 3.8) is 0 Å². The summed E-state index contributed by atoms with van der Waals surface area (Å²) in [5.74, 6) is 1.33. The summed E-state index contributed by atoms with van der Waals surface area (Å²) < 4.78 is 8.39. The molecule has 1 amide bonds. The second kappa shape index (κ2) is 6.37. The fourth-order valence-electron chi connectivity index (χ4n) is 3.22. The van der Waals surface area contributed by atoms with Crippen LogP contribution in [0.3, 0.4) is 0 Å². The highest BCUT2D eigenvalue weighted by molar-refractivity contribution is 9.10. The third kappa shape index (κ3) is 2.82. The Labute approximate surface area is 153 Å². The van der Waals surface area contributed by atoms with Gasteiger partial charge in [-0.1, -0.05) is 34.1 Å². The summed E-state index contributed by atoms with van der Waals surface area (Å²) in [5, 5.41) is 2.97. The van der Waals surface area contributed by atoms with Gasteiger partial charge in [0.25, 0.3) is 0 Å². The lowest BCUT2D eigenvalue weighted by molar-refractivity contribution is -0.116. The molecular formula is C19H16BrN3O2. The number of anilines is 1. The summed E-state index contributed by atoms with van der Waals surface area (Å²) in [7, 11) is 1.64. The number of ether oxygens (including phenoxy) is 1. The van der Waals surface area contributed by atoms with Gasteiger partial charge in [-0.3, -0.25) is 9.36 Å². The number of aromatic nitrogens is 2. The number of methoxy groups -OCH3 is 1. The van der Waals surface area contributed by atoms with E-state index in [-0.39, 0.29) is 11.8 Å². The predicted molar refractivity (Wildman–Crippen MR) is 99.3 cm³/mol. The van der Waals surface area contributed by atoms with Crippen molar-refractivity contribution in [2.75, 3.05) is 12.4 Å². The number of carbonyl (C=O) groups is 1. The number of rotatable bonds is 3. The number of nitrogens with one attached hydrogen (secondary N) is 1. The molecule has 5 nitrogen and oxygen atoms in total. The maximum Gasteiger partial charge on any atom is 0.226 e. The molecule has 1 aliphatic heterocycles. The molecule has 25 heavy (non-hydrogen) atoms. The van der Waals surface area contributed by atoms with Crippen LogP contribution in [-0.4, -0.2) is 22.6 Å². The van der Waals surface area contributed by atoms with Gasteiger partial charge in [-0.05, 0) is 30.3 Å². The fraction of sp³-hybridized carbons (Fsp3) is 0.158. The molecule has 4 rings (SSSR count). The molecule has 1 aliphatic rings. The number of carbonyl (C=O) groups excluding carboxylic acids is 1. The summed E-state index contributed by atoms with van der Waals surface area (Å²) in [6.45, 7) is 0. The minimum Gasteiger partial charge on any atom is -0.496 e. The number of hydrogen-bond acceptors (Lipinski definition) is 3. The zero-order valence-corrected chi connectivity index (χ0v) is 15.2. The molecule has 1 aromatic heterocycles. The highest BCUT2D eigenvalue weighted by Crippen LogP contribution is 2.40. The van der Waals surface area contributed by atoms with Gasteiger partial charge in [0.1, 0.15) is 17.9 Å². The number of benzene rings is 2. The molecule has 0 saturated heterocycles. The van der Waals surface area contributed by atoms with Crippen LogP contribution in [0, 0.1) is 0 Å². The Balaban J connectivity index is 1.83. The first kappa shape index (κ1) is 15.9. The van der Waals surface area contributed by atoms with Crippen LogP contribution in [0.4, 0.5) is 5.82 Å². The van der Waals surface area contributed by atoms with Gasteiger partial charge in [0.2, 0.25) is 5.91 Å². The van der Waals surface area contributed by atoms with E-state index in [1.807, 2.05) is 53.1 Å². The molecule has 0 radical (unpaired) electrons. The topological polar surface area (TPSA) is 56.1 Å². The quantitative estimate of drug-likeness (QED) is 0.722. The van der Waals surface area contributed by atoms with Crippen LogP contribution in [0.2, 0.25) is 0 Å². The molecule has 0 saturated carbocycles. The summed E-state index contributed by atoms with van der Waals surface area (Å²) in [6.07, 6.45) is 2.10. The molecule has 126 valence electrons. The summed E-state index contributed by atoms with van der Waals surface area (Å²) >= 11 is 3.44. The van der Waals surface area contributed by atoms with Gasteiger partial charge >= 0.3 is 0 Å². The minimum absolute atomic E-state index is 0.0257. The lowest BCUT2D eigenvalue weighted by Gasteiger charge is -2.24. The first-order valence-electron chi connectivity index (χ1n) is 7.93. The summed E-state index contributed by atoms with van der Waals surface area (Å²) in [5.41, 5.74) is 2.77. The Morgan fingerprint density at radius 2 is 1.96 bits per heavy atom. The van der Waals surface area contributed by atoms with Crippen LogP contribution in [0.1, 0.15) is 23.6 Å². The molecule has 2 heterocycles. The standard InChI is InChI=1S/C19H16BrN3O2/c1-25-16-5-3-2-4-14(16)15-10-17(24)22-19-18(15)21-11-23(19)13-8-6-12(20)7-9-13/h2-9,11,15H,10H2,1H3,(H,22,24). The molecule has 1 atom stereocenters. The smallest absolute Gasteiger partial charge is 0.226 e. The van der Waals surface area contributed by atoms with Crippen molar-refractivity contribution in [1.82, 2.24) is 9.55 Å². The molecular weight excluding hydrogens is 382 g/mol. The Morgan fingerprint density at radius 1 is 1.20 bits per heavy atom. The number of nitrogens with zero attached hydrogens (tertiary/aromatic N) is 2.